The number of nitriles is 1. The fraction of sp³-hybridized carbons (Fsp3) is 0.429. The number of hydrogen-bond donors (Lipinski definition) is 1. The zero-order valence-corrected chi connectivity index (χ0v) is 11.3. The summed E-state index contributed by atoms with van der Waals surface area (Å²) in [5, 5.41) is 8.84. The van der Waals surface area contributed by atoms with E-state index in [-0.39, 0.29) is 11.3 Å². The van der Waals surface area contributed by atoms with Crippen molar-refractivity contribution in [3.05, 3.63) is 29.8 Å². The van der Waals surface area contributed by atoms with Crippen molar-refractivity contribution >= 4 is 11.6 Å². The average molecular weight is 245 g/mol. The molecule has 0 aliphatic heterocycles. The average Bonchev–Trinajstić information content (AvgIpc) is 2.35. The molecule has 4 nitrogen and oxygen atoms in total. The van der Waals surface area contributed by atoms with Gasteiger partial charge in [0.1, 0.15) is 0 Å². The molecule has 0 fully saturated rings. The van der Waals surface area contributed by atoms with Crippen LogP contribution in [0.25, 0.3) is 0 Å². The Hall–Kier alpha value is -1.86. The predicted molar refractivity (Wildman–Crippen MR) is 72.0 cm³/mol. The smallest absolute Gasteiger partial charge is 0.244 e. The molecule has 0 aromatic heterocycles. The Morgan fingerprint density at radius 3 is 2.56 bits per heavy atom. The largest absolute Gasteiger partial charge is 0.319 e. The molecule has 0 bridgehead atoms. The van der Waals surface area contributed by atoms with Crippen LogP contribution in [0.1, 0.15) is 26.3 Å². The lowest BCUT2D eigenvalue weighted by Crippen LogP contribution is -2.49. The van der Waals surface area contributed by atoms with E-state index in [0.717, 1.165) is 0 Å². The van der Waals surface area contributed by atoms with Crippen LogP contribution < -0.4 is 10.6 Å². The van der Waals surface area contributed by atoms with E-state index in [2.05, 4.69) is 6.07 Å². The maximum Gasteiger partial charge on any atom is 0.244 e. The zero-order valence-electron chi connectivity index (χ0n) is 11.3. The molecule has 1 atom stereocenters. The highest BCUT2D eigenvalue weighted by Crippen LogP contribution is 2.22. The highest BCUT2D eigenvalue weighted by atomic mass is 16.2. The lowest BCUT2D eigenvalue weighted by Gasteiger charge is -2.30. The molecule has 1 amide bonds. The van der Waals surface area contributed by atoms with Crippen molar-refractivity contribution in [3.63, 3.8) is 0 Å². The molecule has 1 aromatic rings. The molecular formula is C14H19N3O. The van der Waals surface area contributed by atoms with Crippen LogP contribution in [0, 0.1) is 16.7 Å². The highest BCUT2D eigenvalue weighted by Gasteiger charge is 2.30. The first-order valence-electron chi connectivity index (χ1n) is 5.80. The van der Waals surface area contributed by atoms with E-state index in [1.807, 2.05) is 20.8 Å². The minimum absolute atomic E-state index is 0.155. The summed E-state index contributed by atoms with van der Waals surface area (Å²) in [5.41, 5.74) is 6.86. The molecule has 18 heavy (non-hydrogen) atoms. The lowest BCUT2D eigenvalue weighted by molar-refractivity contribution is -0.121. The Labute approximate surface area is 108 Å². The van der Waals surface area contributed by atoms with Crippen LogP contribution in [-0.2, 0) is 4.79 Å². The van der Waals surface area contributed by atoms with E-state index in [0.29, 0.717) is 11.3 Å². The minimum Gasteiger partial charge on any atom is -0.319 e. The third-order valence-electron chi connectivity index (χ3n) is 2.89. The van der Waals surface area contributed by atoms with E-state index in [4.69, 9.17) is 11.0 Å². The monoisotopic (exact) mass is 245 g/mol. The Kier molecular flexibility index (Phi) is 4.10. The van der Waals surface area contributed by atoms with Crippen molar-refractivity contribution in [2.24, 2.45) is 11.1 Å². The first kappa shape index (κ1) is 14.2. The number of benzene rings is 1. The third-order valence-corrected chi connectivity index (χ3v) is 2.89. The van der Waals surface area contributed by atoms with E-state index in [9.17, 15) is 4.79 Å². The minimum atomic E-state index is -0.576. The Balaban J connectivity index is 2.97. The van der Waals surface area contributed by atoms with Crippen molar-refractivity contribution in [2.45, 2.75) is 26.8 Å². The molecule has 0 saturated carbocycles. The number of nitrogens with two attached hydrogens (primary N) is 1. The van der Waals surface area contributed by atoms with Gasteiger partial charge in [-0.3, -0.25) is 4.79 Å². The number of hydrogen-bond acceptors (Lipinski definition) is 3. The summed E-state index contributed by atoms with van der Waals surface area (Å²) >= 11 is 0. The Morgan fingerprint density at radius 1 is 1.44 bits per heavy atom. The molecule has 0 spiro atoms. The zero-order chi connectivity index (χ0) is 13.9. The number of nitrogens with zero attached hydrogens (tertiary/aromatic N) is 2. The van der Waals surface area contributed by atoms with Crippen LogP contribution in [0.5, 0.6) is 0 Å². The van der Waals surface area contributed by atoms with Gasteiger partial charge >= 0.3 is 0 Å². The Morgan fingerprint density at radius 2 is 2.06 bits per heavy atom. The van der Waals surface area contributed by atoms with E-state index >= 15 is 0 Å². The topological polar surface area (TPSA) is 70.1 Å². The summed E-state index contributed by atoms with van der Waals surface area (Å²) in [5.74, 6) is -0.155. The van der Waals surface area contributed by atoms with E-state index < -0.39 is 6.04 Å². The highest BCUT2D eigenvalue weighted by molar-refractivity contribution is 5.97. The molecule has 4 heteroatoms. The maximum absolute atomic E-state index is 12.2. The van der Waals surface area contributed by atoms with Gasteiger partial charge in [-0.1, -0.05) is 26.8 Å². The second-order valence-corrected chi connectivity index (χ2v) is 5.40. The van der Waals surface area contributed by atoms with Crippen LogP contribution in [0.2, 0.25) is 0 Å². The van der Waals surface area contributed by atoms with Gasteiger partial charge in [-0.25, -0.2) is 0 Å². The molecule has 0 heterocycles. The molecule has 0 unspecified atom stereocenters. The van der Waals surface area contributed by atoms with Crippen molar-refractivity contribution in [1.82, 2.24) is 0 Å². The number of rotatable bonds is 2. The summed E-state index contributed by atoms with van der Waals surface area (Å²) in [4.78, 5) is 13.7. The number of carbonyl (C=O) groups is 1. The normalized spacial score (nSPS) is 12.7. The van der Waals surface area contributed by atoms with E-state index in [1.54, 1.807) is 31.3 Å². The first-order chi connectivity index (χ1) is 8.27. The van der Waals surface area contributed by atoms with Crippen molar-refractivity contribution in [3.8, 4) is 6.07 Å². The van der Waals surface area contributed by atoms with Crippen molar-refractivity contribution < 1.29 is 4.79 Å². The number of likely N-dealkylation sites (N-methyl/N-ethyl adjacent to an activating group) is 1. The van der Waals surface area contributed by atoms with Crippen LogP contribution in [0.4, 0.5) is 5.69 Å². The van der Waals surface area contributed by atoms with Gasteiger partial charge in [-0.2, -0.15) is 5.26 Å². The summed E-state index contributed by atoms with van der Waals surface area (Å²) in [6, 6.07) is 8.39. The predicted octanol–water partition coefficient (Wildman–Crippen LogP) is 1.89. The van der Waals surface area contributed by atoms with Gasteiger partial charge in [0.2, 0.25) is 5.91 Å². The van der Waals surface area contributed by atoms with Crippen LogP contribution in [-0.4, -0.2) is 19.0 Å². The number of anilines is 1. The quantitative estimate of drug-likeness (QED) is 0.865. The van der Waals surface area contributed by atoms with Gasteiger partial charge in [-0.05, 0) is 23.6 Å². The fourth-order valence-corrected chi connectivity index (χ4v) is 1.49. The number of amides is 1. The van der Waals surface area contributed by atoms with Gasteiger partial charge in [0.05, 0.1) is 17.7 Å². The van der Waals surface area contributed by atoms with Crippen LogP contribution in [0.3, 0.4) is 0 Å². The second-order valence-electron chi connectivity index (χ2n) is 5.40. The molecule has 0 aliphatic rings. The fourth-order valence-electron chi connectivity index (χ4n) is 1.49. The molecular weight excluding hydrogens is 226 g/mol. The van der Waals surface area contributed by atoms with Crippen molar-refractivity contribution in [1.29, 1.82) is 5.26 Å². The van der Waals surface area contributed by atoms with Gasteiger partial charge < -0.3 is 10.6 Å². The number of carbonyl (C=O) groups excluding carboxylic acids is 1. The van der Waals surface area contributed by atoms with Gasteiger partial charge in [0.15, 0.2) is 0 Å². The maximum atomic E-state index is 12.2. The SMILES string of the molecule is CN(C(=O)[C@@H](N)C(C)(C)C)c1cccc(C#N)c1. The summed E-state index contributed by atoms with van der Waals surface area (Å²) in [7, 11) is 1.67. The molecule has 1 rings (SSSR count). The Bertz CT molecular complexity index is 483. The van der Waals surface area contributed by atoms with Crippen molar-refractivity contribution in [2.75, 3.05) is 11.9 Å². The second kappa shape index (κ2) is 5.19. The summed E-state index contributed by atoms with van der Waals surface area (Å²) in [6.45, 7) is 5.78. The summed E-state index contributed by atoms with van der Waals surface area (Å²) in [6.07, 6.45) is 0. The van der Waals surface area contributed by atoms with Gasteiger partial charge in [0, 0.05) is 12.7 Å². The first-order valence-corrected chi connectivity index (χ1v) is 5.80. The van der Waals surface area contributed by atoms with E-state index in [1.165, 1.54) is 4.90 Å². The van der Waals surface area contributed by atoms with Gasteiger partial charge in [0.25, 0.3) is 0 Å². The molecule has 0 saturated heterocycles. The molecule has 0 aliphatic carbocycles. The standard InChI is InChI=1S/C14H19N3O/c1-14(2,3)12(16)13(18)17(4)11-7-5-6-10(8-11)9-15/h5-8,12H,16H2,1-4H3/t12-/m1/s1. The molecule has 1 aromatic carbocycles. The third kappa shape index (κ3) is 3.08. The lowest BCUT2D eigenvalue weighted by atomic mass is 9.86. The van der Waals surface area contributed by atoms with Crippen LogP contribution >= 0.6 is 0 Å². The van der Waals surface area contributed by atoms with Gasteiger partial charge in [-0.15, -0.1) is 0 Å². The molecule has 0 radical (unpaired) electrons. The van der Waals surface area contributed by atoms with Crippen LogP contribution in [0.15, 0.2) is 24.3 Å². The summed E-state index contributed by atoms with van der Waals surface area (Å²) < 4.78 is 0. The molecule has 2 N–H and O–H groups in total. The molecule has 96 valence electrons.